The van der Waals surface area contributed by atoms with Crippen LogP contribution < -0.4 is 0 Å². The van der Waals surface area contributed by atoms with Crippen LogP contribution in [0.3, 0.4) is 0 Å². The third-order valence-electron chi connectivity index (χ3n) is 3.89. The molecule has 104 valence electrons. The number of aryl methyl sites for hydroxylation is 1. The second-order valence-electron chi connectivity index (χ2n) is 5.41. The Hall–Kier alpha value is -1.74. The van der Waals surface area contributed by atoms with Gasteiger partial charge >= 0.3 is 0 Å². The molecule has 1 aliphatic heterocycles. The van der Waals surface area contributed by atoms with Crippen LogP contribution in [-0.2, 0) is 6.42 Å². The molecular formula is C17H21N3. The summed E-state index contributed by atoms with van der Waals surface area (Å²) in [5.74, 6) is 0. The Morgan fingerprint density at radius 1 is 1.00 bits per heavy atom. The Morgan fingerprint density at radius 2 is 1.90 bits per heavy atom. The lowest BCUT2D eigenvalue weighted by Crippen LogP contribution is -2.20. The average Bonchev–Trinajstić information content (AvgIpc) is 3.02. The highest BCUT2D eigenvalue weighted by Crippen LogP contribution is 2.15. The highest BCUT2D eigenvalue weighted by Gasteiger charge is 2.10. The van der Waals surface area contributed by atoms with Crippen LogP contribution >= 0.6 is 0 Å². The topological polar surface area (TPSA) is 29.0 Å². The van der Waals surface area contributed by atoms with E-state index in [-0.39, 0.29) is 0 Å². The van der Waals surface area contributed by atoms with Crippen molar-refractivity contribution in [3.63, 3.8) is 0 Å². The molecular weight excluding hydrogens is 246 g/mol. The van der Waals surface area contributed by atoms with Crippen LogP contribution in [0.4, 0.5) is 0 Å². The summed E-state index contributed by atoms with van der Waals surface area (Å²) in [6.07, 6.45) is 8.77. The summed E-state index contributed by atoms with van der Waals surface area (Å²) in [4.78, 5) is 11.5. The lowest BCUT2D eigenvalue weighted by atomic mass is 10.1. The van der Waals surface area contributed by atoms with Crippen LogP contribution in [-0.4, -0.2) is 34.5 Å². The van der Waals surface area contributed by atoms with E-state index in [4.69, 9.17) is 0 Å². The lowest BCUT2D eigenvalue weighted by molar-refractivity contribution is 0.333. The van der Waals surface area contributed by atoms with Gasteiger partial charge in [-0.05, 0) is 69.6 Å². The van der Waals surface area contributed by atoms with Gasteiger partial charge < -0.3 is 4.90 Å². The van der Waals surface area contributed by atoms with Gasteiger partial charge in [-0.25, -0.2) is 0 Å². The maximum atomic E-state index is 4.56. The molecule has 0 atom stereocenters. The summed E-state index contributed by atoms with van der Waals surface area (Å²) in [5, 5.41) is 0. The Morgan fingerprint density at radius 3 is 2.60 bits per heavy atom. The molecule has 20 heavy (non-hydrogen) atoms. The average molecular weight is 267 g/mol. The highest BCUT2D eigenvalue weighted by atomic mass is 15.1. The first kappa shape index (κ1) is 13.3. The monoisotopic (exact) mass is 267 g/mol. The number of nitrogens with zero attached hydrogens (tertiary/aromatic N) is 3. The number of hydrogen-bond acceptors (Lipinski definition) is 3. The van der Waals surface area contributed by atoms with Crippen molar-refractivity contribution in [1.29, 1.82) is 0 Å². The summed E-state index contributed by atoms with van der Waals surface area (Å²) >= 11 is 0. The smallest absolute Gasteiger partial charge is 0.0717 e. The third-order valence-corrected chi connectivity index (χ3v) is 3.89. The lowest BCUT2D eigenvalue weighted by Gasteiger charge is -2.13. The largest absolute Gasteiger partial charge is 0.303 e. The van der Waals surface area contributed by atoms with Crippen LogP contribution in [0.15, 0.2) is 42.7 Å². The summed E-state index contributed by atoms with van der Waals surface area (Å²) in [5.41, 5.74) is 3.27. The van der Waals surface area contributed by atoms with E-state index >= 15 is 0 Å². The van der Waals surface area contributed by atoms with Gasteiger partial charge in [0.2, 0.25) is 0 Å². The molecule has 2 aromatic heterocycles. The molecule has 1 aliphatic rings. The SMILES string of the molecule is c1ccc(-c2ccc(CCCN3CCCC3)nc2)nc1. The van der Waals surface area contributed by atoms with Crippen molar-refractivity contribution in [3.05, 3.63) is 48.4 Å². The van der Waals surface area contributed by atoms with E-state index in [2.05, 4.69) is 27.0 Å². The Labute approximate surface area is 120 Å². The van der Waals surface area contributed by atoms with Crippen LogP contribution in [0.2, 0.25) is 0 Å². The minimum atomic E-state index is 0.989. The maximum Gasteiger partial charge on any atom is 0.0717 e. The number of rotatable bonds is 5. The number of pyridine rings is 2. The van der Waals surface area contributed by atoms with E-state index < -0.39 is 0 Å². The summed E-state index contributed by atoms with van der Waals surface area (Å²) in [7, 11) is 0. The Bertz CT molecular complexity index is 516. The normalized spacial score (nSPS) is 15.6. The summed E-state index contributed by atoms with van der Waals surface area (Å²) in [6.45, 7) is 3.78. The minimum absolute atomic E-state index is 0.989. The standard InChI is InChI=1S/C17H21N3/c1-2-10-18-17(7-1)15-8-9-16(19-14-15)6-5-13-20-11-3-4-12-20/h1-2,7-10,14H,3-6,11-13H2. The fourth-order valence-corrected chi connectivity index (χ4v) is 2.75. The van der Waals surface area contributed by atoms with Crippen LogP contribution in [0, 0.1) is 0 Å². The van der Waals surface area contributed by atoms with Crippen molar-refractivity contribution < 1.29 is 0 Å². The van der Waals surface area contributed by atoms with E-state index in [9.17, 15) is 0 Å². The van der Waals surface area contributed by atoms with Crippen molar-refractivity contribution in [1.82, 2.24) is 14.9 Å². The Balaban J connectivity index is 1.53. The van der Waals surface area contributed by atoms with Crippen molar-refractivity contribution in [2.75, 3.05) is 19.6 Å². The molecule has 1 fully saturated rings. The first-order chi connectivity index (χ1) is 9.92. The number of hydrogen-bond donors (Lipinski definition) is 0. The summed E-state index contributed by atoms with van der Waals surface area (Å²) in [6, 6.07) is 10.2. The third kappa shape index (κ3) is 3.42. The molecule has 0 radical (unpaired) electrons. The van der Waals surface area contributed by atoms with E-state index in [1.807, 2.05) is 30.6 Å². The van der Waals surface area contributed by atoms with Gasteiger partial charge in [-0.2, -0.15) is 0 Å². The molecule has 0 unspecified atom stereocenters. The van der Waals surface area contributed by atoms with Crippen molar-refractivity contribution in [3.8, 4) is 11.3 Å². The van der Waals surface area contributed by atoms with Crippen molar-refractivity contribution >= 4 is 0 Å². The second-order valence-corrected chi connectivity index (χ2v) is 5.41. The fourth-order valence-electron chi connectivity index (χ4n) is 2.75. The molecule has 0 spiro atoms. The molecule has 0 aliphatic carbocycles. The van der Waals surface area contributed by atoms with Crippen molar-refractivity contribution in [2.24, 2.45) is 0 Å². The van der Waals surface area contributed by atoms with Crippen molar-refractivity contribution in [2.45, 2.75) is 25.7 Å². The maximum absolute atomic E-state index is 4.56. The zero-order chi connectivity index (χ0) is 13.6. The van der Waals surface area contributed by atoms with Gasteiger partial charge in [0.1, 0.15) is 0 Å². The highest BCUT2D eigenvalue weighted by molar-refractivity contribution is 5.57. The summed E-state index contributed by atoms with van der Waals surface area (Å²) < 4.78 is 0. The number of likely N-dealkylation sites (tertiary alicyclic amines) is 1. The quantitative estimate of drug-likeness (QED) is 0.833. The Kier molecular flexibility index (Phi) is 4.38. The molecule has 3 heteroatoms. The fraction of sp³-hybridized carbons (Fsp3) is 0.412. The van der Waals surface area contributed by atoms with Gasteiger partial charge in [0.15, 0.2) is 0 Å². The zero-order valence-corrected chi connectivity index (χ0v) is 11.8. The first-order valence-corrected chi connectivity index (χ1v) is 7.50. The van der Waals surface area contributed by atoms with E-state index in [1.165, 1.54) is 44.6 Å². The zero-order valence-electron chi connectivity index (χ0n) is 11.8. The predicted octanol–water partition coefficient (Wildman–Crippen LogP) is 3.17. The van der Waals surface area contributed by atoms with Crippen LogP contribution in [0.5, 0.6) is 0 Å². The van der Waals surface area contributed by atoms with Gasteiger partial charge in [-0.1, -0.05) is 6.07 Å². The first-order valence-electron chi connectivity index (χ1n) is 7.50. The molecule has 0 amide bonds. The predicted molar refractivity (Wildman–Crippen MR) is 81.5 cm³/mol. The van der Waals surface area contributed by atoms with E-state index in [0.29, 0.717) is 0 Å². The molecule has 0 aromatic carbocycles. The molecule has 2 aromatic rings. The van der Waals surface area contributed by atoms with Gasteiger partial charge in [-0.15, -0.1) is 0 Å². The molecule has 0 saturated carbocycles. The number of aromatic nitrogens is 2. The van der Waals surface area contributed by atoms with Crippen LogP contribution in [0.25, 0.3) is 11.3 Å². The van der Waals surface area contributed by atoms with Gasteiger partial charge in [0.25, 0.3) is 0 Å². The minimum Gasteiger partial charge on any atom is -0.303 e. The molecule has 3 nitrogen and oxygen atoms in total. The molecule has 3 rings (SSSR count). The van der Waals surface area contributed by atoms with E-state index in [0.717, 1.165) is 17.7 Å². The van der Waals surface area contributed by atoms with Gasteiger partial charge in [-0.3, -0.25) is 9.97 Å². The molecule has 1 saturated heterocycles. The van der Waals surface area contributed by atoms with Gasteiger partial charge in [0, 0.05) is 23.7 Å². The molecule has 0 N–H and O–H groups in total. The molecule has 3 heterocycles. The van der Waals surface area contributed by atoms with E-state index in [1.54, 1.807) is 0 Å². The molecule has 0 bridgehead atoms. The van der Waals surface area contributed by atoms with Crippen LogP contribution in [0.1, 0.15) is 25.0 Å². The van der Waals surface area contributed by atoms with Gasteiger partial charge in [0.05, 0.1) is 5.69 Å². The second kappa shape index (κ2) is 6.62.